The van der Waals surface area contributed by atoms with Gasteiger partial charge in [-0.3, -0.25) is 4.79 Å². The molecule has 0 spiro atoms. The van der Waals surface area contributed by atoms with Crippen LogP contribution in [0.4, 0.5) is 4.39 Å². The lowest BCUT2D eigenvalue weighted by molar-refractivity contribution is -0.113. The molecule has 0 saturated carbocycles. The van der Waals surface area contributed by atoms with Crippen molar-refractivity contribution in [2.24, 2.45) is 0 Å². The number of carbonyl (C=O) groups is 1. The molecule has 1 atom stereocenters. The first-order valence-electron chi connectivity index (χ1n) is 3.00. The van der Waals surface area contributed by atoms with Gasteiger partial charge in [0.25, 0.3) is 0 Å². The molecule has 0 aliphatic heterocycles. The van der Waals surface area contributed by atoms with Crippen molar-refractivity contribution in [3.05, 3.63) is 11.9 Å². The summed E-state index contributed by atoms with van der Waals surface area (Å²) in [6.07, 6.45) is 1.42. The second-order valence-corrected chi connectivity index (χ2v) is 4.75. The fourth-order valence-corrected chi connectivity index (χ4v) is 1.89. The van der Waals surface area contributed by atoms with E-state index in [1.165, 1.54) is 0 Å². The molecule has 62 valence electrons. The number of ketones is 1. The van der Waals surface area contributed by atoms with Crippen LogP contribution in [0.15, 0.2) is 11.9 Å². The minimum absolute atomic E-state index is 0.245. The van der Waals surface area contributed by atoms with Gasteiger partial charge >= 0.3 is 0 Å². The van der Waals surface area contributed by atoms with E-state index in [4.69, 9.17) is 0 Å². The number of halogens is 1. The minimum atomic E-state index is -3.45. The van der Waals surface area contributed by atoms with Crippen molar-refractivity contribution in [1.29, 1.82) is 0 Å². The Bertz CT molecular complexity index is 315. The van der Waals surface area contributed by atoms with Gasteiger partial charge in [0.2, 0.25) is 0 Å². The van der Waals surface area contributed by atoms with Gasteiger partial charge in [0, 0.05) is 18.8 Å². The van der Waals surface area contributed by atoms with Crippen LogP contribution in [0.1, 0.15) is 6.42 Å². The van der Waals surface area contributed by atoms with Crippen LogP contribution in [0.2, 0.25) is 0 Å². The van der Waals surface area contributed by atoms with E-state index in [1.54, 1.807) is 0 Å². The van der Waals surface area contributed by atoms with Gasteiger partial charge in [-0.15, -0.1) is 0 Å². The molecule has 11 heavy (non-hydrogen) atoms. The first-order chi connectivity index (χ1) is 4.91. The van der Waals surface area contributed by atoms with Gasteiger partial charge < -0.3 is 0 Å². The van der Waals surface area contributed by atoms with Crippen LogP contribution < -0.4 is 0 Å². The van der Waals surface area contributed by atoms with Crippen LogP contribution in [0, 0.1) is 0 Å². The van der Waals surface area contributed by atoms with Crippen LogP contribution >= 0.6 is 0 Å². The molecular formula is C6H7FO3S. The molecule has 1 rings (SSSR count). The monoisotopic (exact) mass is 178 g/mol. The maximum Gasteiger partial charge on any atom is 0.160 e. The maximum atomic E-state index is 12.6. The molecule has 3 nitrogen and oxygen atoms in total. The van der Waals surface area contributed by atoms with Crippen molar-refractivity contribution >= 4 is 15.6 Å². The van der Waals surface area contributed by atoms with Gasteiger partial charge in [0.05, 0.1) is 0 Å². The van der Waals surface area contributed by atoms with Crippen molar-refractivity contribution in [1.82, 2.24) is 0 Å². The Morgan fingerprint density at radius 1 is 1.64 bits per heavy atom. The molecular weight excluding hydrogens is 171 g/mol. The second-order valence-electron chi connectivity index (χ2n) is 2.52. The summed E-state index contributed by atoms with van der Waals surface area (Å²) in [5.41, 5.74) is 0. The zero-order valence-electron chi connectivity index (χ0n) is 5.87. The molecule has 0 bridgehead atoms. The van der Waals surface area contributed by atoms with Crippen LogP contribution in [-0.2, 0) is 14.6 Å². The lowest BCUT2D eigenvalue weighted by Crippen LogP contribution is -2.18. The zero-order valence-corrected chi connectivity index (χ0v) is 6.69. The highest BCUT2D eigenvalue weighted by Crippen LogP contribution is 2.23. The van der Waals surface area contributed by atoms with E-state index in [2.05, 4.69) is 0 Å². The number of sulfone groups is 1. The summed E-state index contributed by atoms with van der Waals surface area (Å²) in [4.78, 5) is 10.5. The molecule has 5 heteroatoms. The first kappa shape index (κ1) is 8.39. The lowest BCUT2D eigenvalue weighted by Gasteiger charge is -2.03. The number of rotatable bonds is 1. The normalized spacial score (nSPS) is 25.5. The summed E-state index contributed by atoms with van der Waals surface area (Å²) in [5, 5.41) is -1.23. The largest absolute Gasteiger partial charge is 0.295 e. The average molecular weight is 178 g/mol. The number of carbonyl (C=O) groups excluding carboxylic acids is 1. The Morgan fingerprint density at radius 2 is 2.18 bits per heavy atom. The third-order valence-corrected chi connectivity index (χ3v) is 2.94. The Hall–Kier alpha value is -0.710. The van der Waals surface area contributed by atoms with Gasteiger partial charge in [-0.05, 0) is 0 Å². The van der Waals surface area contributed by atoms with E-state index in [1.807, 2.05) is 0 Å². The molecule has 1 aliphatic carbocycles. The summed E-state index contributed by atoms with van der Waals surface area (Å²) >= 11 is 0. The Morgan fingerprint density at radius 3 is 2.36 bits per heavy atom. The predicted molar refractivity (Wildman–Crippen MR) is 37.4 cm³/mol. The van der Waals surface area contributed by atoms with Crippen LogP contribution in [0.5, 0.6) is 0 Å². The fourth-order valence-electron chi connectivity index (χ4n) is 0.942. The first-order valence-corrected chi connectivity index (χ1v) is 4.95. The molecule has 0 amide bonds. The smallest absolute Gasteiger partial charge is 0.160 e. The van der Waals surface area contributed by atoms with Gasteiger partial charge in [0.15, 0.2) is 15.6 Å². The average Bonchev–Trinajstić information content (AvgIpc) is 2.08. The minimum Gasteiger partial charge on any atom is -0.295 e. The Balaban J connectivity index is 2.98. The molecule has 0 heterocycles. The zero-order chi connectivity index (χ0) is 8.65. The third kappa shape index (κ3) is 1.65. The summed E-state index contributed by atoms with van der Waals surface area (Å²) in [7, 11) is -3.45. The summed E-state index contributed by atoms with van der Waals surface area (Å²) < 4.78 is 34.1. The molecule has 0 N–H and O–H groups in total. The summed E-state index contributed by atoms with van der Waals surface area (Å²) in [5.74, 6) is -1.30. The maximum absolute atomic E-state index is 12.6. The number of hydrogen-bond acceptors (Lipinski definition) is 3. The van der Waals surface area contributed by atoms with Crippen molar-refractivity contribution in [2.75, 3.05) is 6.26 Å². The highest BCUT2D eigenvalue weighted by atomic mass is 32.2. The standard InChI is InChI=1S/C6H7FO3S/c1-11(9,10)6-3-4(8)2-5(6)7/h2,6H,3H2,1H3. The van der Waals surface area contributed by atoms with Gasteiger partial charge in [-0.2, -0.15) is 0 Å². The van der Waals surface area contributed by atoms with Crippen molar-refractivity contribution < 1.29 is 17.6 Å². The predicted octanol–water partition coefficient (Wildman–Crippen LogP) is 0.226. The van der Waals surface area contributed by atoms with E-state index in [0.29, 0.717) is 0 Å². The van der Waals surface area contributed by atoms with Gasteiger partial charge in [-0.25, -0.2) is 12.8 Å². The molecule has 1 unspecified atom stereocenters. The van der Waals surface area contributed by atoms with Crippen molar-refractivity contribution in [3.63, 3.8) is 0 Å². The molecule has 0 radical (unpaired) electrons. The molecule has 0 fully saturated rings. The number of hydrogen-bond donors (Lipinski definition) is 0. The SMILES string of the molecule is CS(=O)(=O)C1CC(=O)C=C1F. The topological polar surface area (TPSA) is 51.2 Å². The second kappa shape index (κ2) is 2.41. The summed E-state index contributed by atoms with van der Waals surface area (Å²) in [6, 6.07) is 0. The molecule has 0 saturated heterocycles. The Kier molecular flexibility index (Phi) is 1.83. The summed E-state index contributed by atoms with van der Waals surface area (Å²) in [6.45, 7) is 0. The quantitative estimate of drug-likeness (QED) is 0.577. The van der Waals surface area contributed by atoms with E-state index in [-0.39, 0.29) is 6.42 Å². The van der Waals surface area contributed by atoms with Crippen molar-refractivity contribution in [2.45, 2.75) is 11.7 Å². The van der Waals surface area contributed by atoms with Crippen molar-refractivity contribution in [3.8, 4) is 0 Å². The fraction of sp³-hybridized carbons (Fsp3) is 0.500. The van der Waals surface area contributed by atoms with E-state index in [0.717, 1.165) is 12.3 Å². The molecule has 0 aromatic rings. The number of allylic oxidation sites excluding steroid dienone is 1. The highest BCUT2D eigenvalue weighted by molar-refractivity contribution is 7.91. The molecule has 1 aliphatic rings. The van der Waals surface area contributed by atoms with E-state index >= 15 is 0 Å². The Labute approximate surface area is 63.8 Å². The molecule has 0 aromatic heterocycles. The third-order valence-electron chi connectivity index (χ3n) is 1.51. The van der Waals surface area contributed by atoms with Crippen LogP contribution in [0.3, 0.4) is 0 Å². The van der Waals surface area contributed by atoms with E-state index in [9.17, 15) is 17.6 Å². The lowest BCUT2D eigenvalue weighted by atomic mass is 10.3. The van der Waals surface area contributed by atoms with Crippen LogP contribution in [0.25, 0.3) is 0 Å². The van der Waals surface area contributed by atoms with Gasteiger partial charge in [-0.1, -0.05) is 0 Å². The molecule has 0 aromatic carbocycles. The highest BCUT2D eigenvalue weighted by Gasteiger charge is 2.33. The van der Waals surface area contributed by atoms with E-state index < -0.39 is 26.7 Å². The van der Waals surface area contributed by atoms with Gasteiger partial charge in [0.1, 0.15) is 11.1 Å². The van der Waals surface area contributed by atoms with Crippen LogP contribution in [-0.4, -0.2) is 25.7 Å².